The van der Waals surface area contributed by atoms with Gasteiger partial charge in [-0.25, -0.2) is 0 Å². The third kappa shape index (κ3) is 20.8. The van der Waals surface area contributed by atoms with Gasteiger partial charge in [0.05, 0.1) is 24.2 Å². The maximum Gasteiger partial charge on any atom is 0.300 e. The normalized spacial score (nSPS) is 15.6. The van der Waals surface area contributed by atoms with Gasteiger partial charge in [0.15, 0.2) is 26.4 Å². The Morgan fingerprint density at radius 2 is 0.481 bits per heavy atom. The van der Waals surface area contributed by atoms with Gasteiger partial charge in [0.25, 0.3) is 41.5 Å². The Hall–Kier alpha value is -12.8. The molecule has 0 saturated carbocycles. The second kappa shape index (κ2) is 37.3. The van der Waals surface area contributed by atoms with Crippen LogP contribution in [-0.4, -0.2) is 129 Å². The van der Waals surface area contributed by atoms with Crippen LogP contribution in [0.4, 0.5) is 0 Å². The maximum atomic E-state index is 10.8. The minimum Gasteiger partial charge on any atom is -0.484 e. The Morgan fingerprint density at radius 1 is 0.306 bits per heavy atom. The molecular formula is C82H88N12O14. The van der Waals surface area contributed by atoms with Crippen molar-refractivity contribution in [1.29, 1.82) is 0 Å². The van der Waals surface area contributed by atoms with Crippen LogP contribution >= 0.6 is 0 Å². The highest BCUT2D eigenvalue weighted by Gasteiger charge is 2.29. The lowest BCUT2D eigenvalue weighted by Gasteiger charge is -2.25. The Labute approximate surface area is 621 Å². The quantitative estimate of drug-likeness (QED) is 0.0428. The van der Waals surface area contributed by atoms with Crippen molar-refractivity contribution in [3.63, 3.8) is 0 Å². The topological polar surface area (TPSA) is 432 Å². The predicted octanol–water partition coefficient (Wildman–Crippen LogP) is 9.34. The molecule has 12 aromatic rings. The number of H-pyrrole nitrogens is 4. The molecular weight excluding hydrogens is 1380 g/mol. The second-order valence-corrected chi connectivity index (χ2v) is 25.7. The van der Waals surface area contributed by atoms with Crippen LogP contribution in [0.5, 0.6) is 23.0 Å². The monoisotopic (exact) mass is 1460 g/mol. The molecule has 4 unspecified atom stereocenters. The van der Waals surface area contributed by atoms with Gasteiger partial charge in [-0.3, -0.25) is 33.6 Å². The van der Waals surface area contributed by atoms with E-state index in [1.807, 2.05) is 97.1 Å². The summed E-state index contributed by atoms with van der Waals surface area (Å²) in [6.07, 6.45) is 4.09. The average Bonchev–Trinajstić information content (AvgIpc) is 1.63. The molecule has 4 aliphatic rings. The Bertz CT molecular complexity index is 4450. The molecule has 560 valence electrons. The summed E-state index contributed by atoms with van der Waals surface area (Å²) in [4.78, 5) is 84.4. The Kier molecular flexibility index (Phi) is 26.9. The van der Waals surface area contributed by atoms with E-state index in [-0.39, 0.29) is 50.6 Å². The van der Waals surface area contributed by atoms with E-state index in [1.165, 1.54) is 88.6 Å². The lowest BCUT2D eigenvalue weighted by atomic mass is 9.94. The summed E-state index contributed by atoms with van der Waals surface area (Å²) in [5.41, 5.74) is 40.2. The van der Waals surface area contributed by atoms with Crippen molar-refractivity contribution in [1.82, 2.24) is 41.2 Å². The van der Waals surface area contributed by atoms with Crippen molar-refractivity contribution in [2.75, 3.05) is 52.6 Å². The van der Waals surface area contributed by atoms with Crippen molar-refractivity contribution in [2.45, 2.75) is 70.6 Å². The number of nitrogens with two attached hydrogens (primary N) is 4. The van der Waals surface area contributed by atoms with E-state index in [4.69, 9.17) is 71.6 Å². The fourth-order valence-electron chi connectivity index (χ4n) is 13.5. The number of hydrogen-bond acceptors (Lipinski definition) is 15. The fourth-order valence-corrected chi connectivity index (χ4v) is 13.5. The molecule has 0 fully saturated rings. The number of benzene rings is 8. The molecule has 0 aliphatic carbocycles. The number of carboxylic acids is 3. The van der Waals surface area contributed by atoms with Gasteiger partial charge in [0.1, 0.15) is 23.0 Å². The number of rotatable bonds is 16. The highest BCUT2D eigenvalue weighted by atomic mass is 16.5. The molecule has 0 radical (unpaired) electrons. The molecule has 0 spiro atoms. The largest absolute Gasteiger partial charge is 0.484 e. The second-order valence-electron chi connectivity index (χ2n) is 25.7. The fraction of sp³-hybridized carbons (Fsp3) is 0.232. The van der Waals surface area contributed by atoms with Crippen LogP contribution in [-0.2, 0) is 59.2 Å². The molecule has 4 aliphatic heterocycles. The number of ether oxygens (including phenoxy) is 4. The predicted molar refractivity (Wildman–Crippen MR) is 412 cm³/mol. The summed E-state index contributed by atoms with van der Waals surface area (Å²) >= 11 is 0. The zero-order valence-electron chi connectivity index (χ0n) is 59.9. The van der Waals surface area contributed by atoms with E-state index in [1.54, 1.807) is 0 Å². The third-order valence-electron chi connectivity index (χ3n) is 17.8. The van der Waals surface area contributed by atoms with E-state index in [0.717, 1.165) is 94.9 Å². The van der Waals surface area contributed by atoms with Crippen molar-refractivity contribution in [2.24, 2.45) is 22.9 Å². The highest BCUT2D eigenvalue weighted by molar-refractivity contribution is 5.88. The number of fused-ring (bicyclic) bond motifs is 12. The number of carbonyl (C=O) groups excluding carboxylic acids is 4. The zero-order chi connectivity index (χ0) is 76.8. The SMILES string of the molecule is CC(=O)O.CC(=O)O.CC(=O)O.NC(=O)COc1ccc(C2NCCc3c2[nH]c2ccccc32)cc1.NC(=O)COc1ccc(C2NCCc3c2[nH]c2ccccc32)cc1.NC(=O)COc1ccc(C2NCCc3c2[nH]c2ccccc32)cc1.NC(=O)COc1ccc(C2NCCc3c2[nH]c2ccccc32)cc1. The van der Waals surface area contributed by atoms with Crippen molar-refractivity contribution < 1.29 is 67.8 Å². The number of amides is 4. The van der Waals surface area contributed by atoms with E-state index in [2.05, 4.69) is 138 Å². The van der Waals surface area contributed by atoms with Crippen LogP contribution in [0.15, 0.2) is 194 Å². The molecule has 0 bridgehead atoms. The highest BCUT2D eigenvalue weighted by Crippen LogP contribution is 2.39. The van der Waals surface area contributed by atoms with Gasteiger partial charge in [-0.05, 0) is 143 Å². The molecule has 0 saturated heterocycles. The molecule has 4 aromatic heterocycles. The minimum atomic E-state index is -0.833. The summed E-state index contributed by atoms with van der Waals surface area (Å²) in [7, 11) is 0. The summed E-state index contributed by atoms with van der Waals surface area (Å²) in [5, 5.41) is 41.8. The zero-order valence-corrected chi connectivity index (χ0v) is 59.9. The van der Waals surface area contributed by atoms with Crippen molar-refractivity contribution in [3.05, 3.63) is 261 Å². The number of para-hydroxylation sites is 4. The number of carbonyl (C=O) groups is 7. The average molecular weight is 1470 g/mol. The molecule has 8 heterocycles. The van der Waals surface area contributed by atoms with Crippen LogP contribution in [0.3, 0.4) is 0 Å². The van der Waals surface area contributed by atoms with Gasteiger partial charge in [-0.1, -0.05) is 121 Å². The van der Waals surface area contributed by atoms with Crippen LogP contribution in [0.2, 0.25) is 0 Å². The van der Waals surface area contributed by atoms with Crippen LogP contribution in [0.25, 0.3) is 43.6 Å². The number of carboxylic acid groups (broad SMARTS) is 3. The molecule has 19 N–H and O–H groups in total. The lowest BCUT2D eigenvalue weighted by molar-refractivity contribution is -0.135. The molecule has 16 rings (SSSR count). The van der Waals surface area contributed by atoms with Gasteiger partial charge in [-0.2, -0.15) is 0 Å². The number of nitrogens with one attached hydrogen (secondary N) is 8. The first-order valence-corrected chi connectivity index (χ1v) is 35.0. The number of aromatic amines is 4. The molecule has 26 heteroatoms. The smallest absolute Gasteiger partial charge is 0.300 e. The first-order chi connectivity index (χ1) is 52.1. The van der Waals surface area contributed by atoms with Crippen LogP contribution in [0, 0.1) is 0 Å². The molecule has 26 nitrogen and oxygen atoms in total. The van der Waals surface area contributed by atoms with E-state index in [0.29, 0.717) is 23.0 Å². The van der Waals surface area contributed by atoms with E-state index >= 15 is 0 Å². The van der Waals surface area contributed by atoms with Gasteiger partial charge in [0.2, 0.25) is 0 Å². The van der Waals surface area contributed by atoms with Crippen molar-refractivity contribution >= 4 is 85.1 Å². The minimum absolute atomic E-state index is 0.104. The molecule has 108 heavy (non-hydrogen) atoms. The van der Waals surface area contributed by atoms with Gasteiger partial charge < -0.3 is 98.4 Å². The van der Waals surface area contributed by atoms with Crippen LogP contribution in [0.1, 0.15) is 112 Å². The number of primary amides is 4. The lowest BCUT2D eigenvalue weighted by Crippen LogP contribution is -2.30. The molecule has 4 atom stereocenters. The van der Waals surface area contributed by atoms with Crippen molar-refractivity contribution in [3.8, 4) is 23.0 Å². The summed E-state index contributed by atoms with van der Waals surface area (Å²) < 4.78 is 21.3. The number of aliphatic carboxylic acids is 3. The van der Waals surface area contributed by atoms with Gasteiger partial charge >= 0.3 is 0 Å². The van der Waals surface area contributed by atoms with Crippen LogP contribution < -0.4 is 63.1 Å². The molecule has 8 aromatic carbocycles. The third-order valence-corrected chi connectivity index (χ3v) is 17.8. The summed E-state index contributed by atoms with van der Waals surface area (Å²) in [5.74, 6) is -1.83. The maximum absolute atomic E-state index is 10.8. The van der Waals surface area contributed by atoms with Gasteiger partial charge in [0, 0.05) is 113 Å². The Morgan fingerprint density at radius 3 is 0.657 bits per heavy atom. The Balaban J connectivity index is 0.000000146. The number of aromatic nitrogens is 4. The van der Waals surface area contributed by atoms with E-state index < -0.39 is 41.5 Å². The summed E-state index contributed by atoms with van der Waals surface area (Å²) in [6, 6.07) is 65.4. The number of hydrogen-bond donors (Lipinski definition) is 15. The standard InChI is InChI=1S/4C19H19N3O2.3C2H4O2/c4*20-17(23)11-24-13-7-5-12(6-8-13)18-19-15(9-10-21-18)14-3-1-2-4-16(14)22-19;3*1-2(3)4/h4*1-8,18,21-22H,9-11H2,(H2,20,23);3*1H3,(H,3,4). The first kappa shape index (κ1) is 77.9. The van der Waals surface area contributed by atoms with E-state index in [9.17, 15) is 19.2 Å². The first-order valence-electron chi connectivity index (χ1n) is 35.0. The molecule has 4 amide bonds. The van der Waals surface area contributed by atoms with Gasteiger partial charge in [-0.15, -0.1) is 0 Å². The summed E-state index contributed by atoms with van der Waals surface area (Å²) in [6.45, 7) is 6.61.